The van der Waals surface area contributed by atoms with Crippen molar-refractivity contribution < 1.29 is 0 Å². The molecule has 6 nitrogen and oxygen atoms in total. The lowest BCUT2D eigenvalue weighted by Crippen LogP contribution is -2.44. The van der Waals surface area contributed by atoms with E-state index in [9.17, 15) is 0 Å². The SMILES string of the molecule is C/C=C\c1c(C)n(C2=Cc3c(n(-c4ccc(-c5ccc(C6N=C(c7ccccc7)NC(c7ccccc7)N6)cc5-n5c6ccccc6c6ccccc65)cc4)c4ccccc34)CC2)c2ccccc12. The van der Waals surface area contributed by atoms with Gasteiger partial charge in [0.15, 0.2) is 0 Å². The number of hydrogen-bond donors (Lipinski definition) is 2. The third kappa shape index (κ3) is 6.78. The summed E-state index contributed by atoms with van der Waals surface area (Å²) in [5, 5.41) is 12.6. The van der Waals surface area contributed by atoms with Gasteiger partial charge in [0, 0.05) is 66.6 Å². The second kappa shape index (κ2) is 16.7. The molecule has 2 N–H and O–H groups in total. The molecule has 4 heterocycles. The van der Waals surface area contributed by atoms with Crippen LogP contribution in [0.5, 0.6) is 0 Å². The molecule has 2 atom stereocenters. The lowest BCUT2D eigenvalue weighted by molar-refractivity contribution is 0.409. The van der Waals surface area contributed by atoms with Crippen molar-refractivity contribution in [1.82, 2.24) is 24.3 Å². The number of fused-ring (bicyclic) bond motifs is 7. The number of benzene rings is 8. The third-order valence-electron chi connectivity index (χ3n) is 14.4. The van der Waals surface area contributed by atoms with Crippen LogP contribution < -0.4 is 10.6 Å². The Hall–Kier alpha value is -8.45. The maximum absolute atomic E-state index is 5.37. The van der Waals surface area contributed by atoms with Crippen LogP contribution in [0.4, 0.5) is 0 Å². The van der Waals surface area contributed by atoms with E-state index >= 15 is 0 Å². The highest BCUT2D eigenvalue weighted by molar-refractivity contribution is 6.10. The average molecular weight is 891 g/mol. The highest BCUT2D eigenvalue weighted by atomic mass is 15.3. The summed E-state index contributed by atoms with van der Waals surface area (Å²) in [6.45, 7) is 4.36. The first kappa shape index (κ1) is 40.8. The number of rotatable bonds is 8. The minimum Gasteiger partial charge on any atom is -0.350 e. The van der Waals surface area contributed by atoms with Gasteiger partial charge in [0.05, 0.1) is 27.8 Å². The van der Waals surface area contributed by atoms with E-state index in [1.165, 1.54) is 71.8 Å². The molecule has 0 amide bonds. The van der Waals surface area contributed by atoms with Crippen molar-refractivity contribution in [3.8, 4) is 22.5 Å². The molecule has 8 aromatic carbocycles. The van der Waals surface area contributed by atoms with Crippen LogP contribution in [0.1, 0.15) is 64.9 Å². The summed E-state index contributed by atoms with van der Waals surface area (Å²) in [5.74, 6) is 0.865. The Bertz CT molecular complexity index is 3810. The topological polar surface area (TPSA) is 51.2 Å². The van der Waals surface area contributed by atoms with E-state index in [4.69, 9.17) is 4.99 Å². The first-order valence-electron chi connectivity index (χ1n) is 24.1. The lowest BCUT2D eigenvalue weighted by atomic mass is 9.98. The van der Waals surface area contributed by atoms with Gasteiger partial charge in [-0.15, -0.1) is 0 Å². The fourth-order valence-electron chi connectivity index (χ4n) is 11.2. The van der Waals surface area contributed by atoms with E-state index < -0.39 is 0 Å². The van der Waals surface area contributed by atoms with Crippen LogP contribution in [0.2, 0.25) is 0 Å². The van der Waals surface area contributed by atoms with Crippen LogP contribution in [-0.2, 0) is 6.42 Å². The van der Waals surface area contributed by atoms with E-state index in [1.54, 1.807) is 0 Å². The van der Waals surface area contributed by atoms with Crippen molar-refractivity contribution in [2.75, 3.05) is 0 Å². The minimum absolute atomic E-state index is 0.139. The van der Waals surface area contributed by atoms with Gasteiger partial charge >= 0.3 is 0 Å². The van der Waals surface area contributed by atoms with Gasteiger partial charge in [0.2, 0.25) is 0 Å². The molecule has 11 aromatic rings. The Morgan fingerprint density at radius 2 is 1.13 bits per heavy atom. The van der Waals surface area contributed by atoms with Gasteiger partial charge in [-0.05, 0) is 91.9 Å². The van der Waals surface area contributed by atoms with Crippen molar-refractivity contribution in [3.05, 3.63) is 245 Å². The first-order valence-corrected chi connectivity index (χ1v) is 24.1. The van der Waals surface area contributed by atoms with Crippen LogP contribution in [0.3, 0.4) is 0 Å². The molecule has 0 spiro atoms. The van der Waals surface area contributed by atoms with Crippen molar-refractivity contribution >= 4 is 67.3 Å². The number of hydrogen-bond acceptors (Lipinski definition) is 3. The van der Waals surface area contributed by atoms with Crippen LogP contribution in [0.25, 0.3) is 84.0 Å². The van der Waals surface area contributed by atoms with Crippen molar-refractivity contribution in [3.63, 3.8) is 0 Å². The molecular formula is C63H50N6. The number of para-hydroxylation sites is 4. The predicted molar refractivity (Wildman–Crippen MR) is 288 cm³/mol. The number of amidine groups is 1. The summed E-state index contributed by atoms with van der Waals surface area (Å²) >= 11 is 0. The highest BCUT2D eigenvalue weighted by Gasteiger charge is 2.28. The molecule has 0 saturated heterocycles. The molecule has 0 saturated carbocycles. The molecule has 0 fully saturated rings. The molecule has 13 rings (SSSR count). The van der Waals surface area contributed by atoms with E-state index in [0.717, 1.165) is 57.9 Å². The Morgan fingerprint density at radius 1 is 0.536 bits per heavy atom. The zero-order valence-corrected chi connectivity index (χ0v) is 38.6. The minimum atomic E-state index is -0.312. The molecule has 1 aliphatic heterocycles. The van der Waals surface area contributed by atoms with E-state index in [2.05, 4.69) is 257 Å². The van der Waals surface area contributed by atoms with Crippen LogP contribution in [0.15, 0.2) is 211 Å². The largest absolute Gasteiger partial charge is 0.350 e. The van der Waals surface area contributed by atoms with Gasteiger partial charge in [-0.2, -0.15) is 0 Å². The quantitative estimate of drug-likeness (QED) is 0.160. The number of aromatic nitrogens is 3. The van der Waals surface area contributed by atoms with Crippen LogP contribution in [-0.4, -0.2) is 19.5 Å². The Kier molecular flexibility index (Phi) is 9.88. The van der Waals surface area contributed by atoms with Crippen molar-refractivity contribution in [2.24, 2.45) is 4.99 Å². The smallest absolute Gasteiger partial charge is 0.131 e. The predicted octanol–water partition coefficient (Wildman–Crippen LogP) is 15.0. The molecule has 2 unspecified atom stereocenters. The molecule has 2 aliphatic rings. The van der Waals surface area contributed by atoms with Crippen molar-refractivity contribution in [1.29, 1.82) is 0 Å². The number of allylic oxidation sites excluding steroid dienone is 2. The Balaban J connectivity index is 0.945. The fourth-order valence-corrected chi connectivity index (χ4v) is 11.2. The van der Waals surface area contributed by atoms with E-state index in [-0.39, 0.29) is 12.3 Å². The number of nitrogens with one attached hydrogen (secondary N) is 2. The summed E-state index contributed by atoms with van der Waals surface area (Å²) in [7, 11) is 0. The third-order valence-corrected chi connectivity index (χ3v) is 14.4. The van der Waals surface area contributed by atoms with Crippen LogP contribution >= 0.6 is 0 Å². The molecule has 6 heteroatoms. The number of aliphatic imine (C=N–C) groups is 1. The maximum Gasteiger partial charge on any atom is 0.131 e. The summed E-state index contributed by atoms with van der Waals surface area (Å²) in [6.07, 6.45) is 8.29. The van der Waals surface area contributed by atoms with E-state index in [0.29, 0.717) is 0 Å². The second-order valence-corrected chi connectivity index (χ2v) is 18.3. The lowest BCUT2D eigenvalue weighted by Gasteiger charge is -2.32. The number of nitrogens with zero attached hydrogens (tertiary/aromatic N) is 4. The first-order chi connectivity index (χ1) is 34.1. The van der Waals surface area contributed by atoms with E-state index in [1.807, 2.05) is 0 Å². The molecule has 69 heavy (non-hydrogen) atoms. The standard InChI is InChI=1S/C63H50N6/c1-3-18-48-41(2)67(55-27-14-10-23-50(48)55)47-36-38-59-54(40-47)53-26-13-15-28-56(53)68(59)46-34-31-42(32-35-46)49-37-33-45(39-60(49)69-57-29-16-11-24-51(57)52-25-12-17-30-58(52)69)63-65-61(43-19-6-4-7-20-43)64-62(66-63)44-21-8-5-9-22-44/h3-35,37,39-40,61,63,65H,36,38H2,1-2H3,(H,64,66)/b18-3-. The Labute approximate surface area is 401 Å². The molecule has 3 aromatic heterocycles. The zero-order chi connectivity index (χ0) is 46.0. The maximum atomic E-state index is 5.37. The molecule has 332 valence electrons. The summed E-state index contributed by atoms with van der Waals surface area (Å²) in [4.78, 5) is 5.37. The normalized spacial score (nSPS) is 16.0. The molecule has 0 radical (unpaired) electrons. The summed E-state index contributed by atoms with van der Waals surface area (Å²) in [5.41, 5.74) is 19.3. The molecule has 1 aliphatic carbocycles. The van der Waals surface area contributed by atoms with Gasteiger partial charge < -0.3 is 19.0 Å². The average Bonchev–Trinajstić information content (AvgIpc) is 4.03. The Morgan fingerprint density at radius 3 is 1.81 bits per heavy atom. The van der Waals surface area contributed by atoms with Gasteiger partial charge in [-0.25, -0.2) is 4.99 Å². The summed E-state index contributed by atoms with van der Waals surface area (Å²) < 4.78 is 7.44. The van der Waals surface area contributed by atoms with Gasteiger partial charge in [0.25, 0.3) is 0 Å². The zero-order valence-electron chi connectivity index (χ0n) is 38.6. The second-order valence-electron chi connectivity index (χ2n) is 18.3. The van der Waals surface area contributed by atoms with Crippen molar-refractivity contribution in [2.45, 2.75) is 39.0 Å². The van der Waals surface area contributed by atoms with Crippen LogP contribution in [0, 0.1) is 6.92 Å². The monoisotopic (exact) mass is 890 g/mol. The van der Waals surface area contributed by atoms with Gasteiger partial charge in [0.1, 0.15) is 18.2 Å². The fraction of sp³-hybridized carbons (Fsp3) is 0.0952. The van der Waals surface area contributed by atoms with Gasteiger partial charge in [-0.1, -0.05) is 170 Å². The van der Waals surface area contributed by atoms with Gasteiger partial charge in [-0.3, -0.25) is 5.32 Å². The molecule has 0 bridgehead atoms. The molecular weight excluding hydrogens is 841 g/mol. The summed E-state index contributed by atoms with van der Waals surface area (Å²) in [6, 6.07) is 72.5. The highest BCUT2D eigenvalue weighted by Crippen LogP contribution is 2.42.